The Morgan fingerprint density at radius 3 is 2.11 bits per heavy atom. The molecule has 0 spiro atoms. The lowest BCUT2D eigenvalue weighted by Gasteiger charge is -2.34. The van der Waals surface area contributed by atoms with E-state index in [1.54, 1.807) is 13.8 Å². The van der Waals surface area contributed by atoms with Crippen molar-refractivity contribution >= 4 is 21.9 Å². The Labute approximate surface area is 159 Å². The van der Waals surface area contributed by atoms with E-state index in [1.807, 2.05) is 13.8 Å². The average Bonchev–Trinajstić information content (AvgIpc) is 2.58. The third-order valence-electron chi connectivity index (χ3n) is 4.36. The predicted molar refractivity (Wildman–Crippen MR) is 98.9 cm³/mol. The van der Waals surface area contributed by atoms with Crippen molar-refractivity contribution < 1.29 is 27.9 Å². The molecule has 1 aliphatic heterocycles. The van der Waals surface area contributed by atoms with Gasteiger partial charge in [-0.3, -0.25) is 4.79 Å². The van der Waals surface area contributed by atoms with Gasteiger partial charge in [0.15, 0.2) is 0 Å². The molecule has 0 radical (unpaired) electrons. The summed E-state index contributed by atoms with van der Waals surface area (Å²) in [5.41, 5.74) is 0.199. The van der Waals surface area contributed by atoms with Crippen molar-refractivity contribution in [1.82, 2.24) is 9.62 Å². The number of carboxylic acid groups (broad SMARTS) is 1. The highest BCUT2D eigenvalue weighted by Gasteiger charge is 2.32. The number of aliphatic carboxylic acids is 1. The average molecular weight is 398 g/mol. The zero-order chi connectivity index (χ0) is 20.4. The van der Waals surface area contributed by atoms with Gasteiger partial charge in [-0.2, -0.15) is 4.31 Å². The topological polar surface area (TPSA) is 113 Å². The van der Waals surface area contributed by atoms with Crippen LogP contribution in [0.25, 0.3) is 0 Å². The van der Waals surface area contributed by atoms with E-state index in [-0.39, 0.29) is 41.7 Å². The Bertz CT molecular complexity index is 781. The van der Waals surface area contributed by atoms with Crippen LogP contribution in [-0.4, -0.2) is 61.0 Å². The number of morpholine rings is 1. The number of carbonyl (C=O) groups is 2. The molecule has 0 saturated carbocycles. The lowest BCUT2D eigenvalue weighted by atomic mass is 10.0. The van der Waals surface area contributed by atoms with E-state index in [0.29, 0.717) is 0 Å². The molecular weight excluding hydrogens is 372 g/mol. The summed E-state index contributed by atoms with van der Waals surface area (Å²) < 4.78 is 32.6. The third kappa shape index (κ3) is 5.06. The van der Waals surface area contributed by atoms with E-state index in [4.69, 9.17) is 9.84 Å². The zero-order valence-electron chi connectivity index (χ0n) is 15.9. The molecule has 2 rings (SSSR count). The van der Waals surface area contributed by atoms with Crippen LogP contribution in [0, 0.1) is 5.92 Å². The summed E-state index contributed by atoms with van der Waals surface area (Å²) in [7, 11) is -3.69. The Kier molecular flexibility index (Phi) is 6.61. The molecule has 0 aromatic heterocycles. The first-order valence-electron chi connectivity index (χ1n) is 8.81. The van der Waals surface area contributed by atoms with Crippen molar-refractivity contribution in [2.45, 2.75) is 50.8 Å². The summed E-state index contributed by atoms with van der Waals surface area (Å²) in [5.74, 6) is -1.96. The molecule has 9 heteroatoms. The van der Waals surface area contributed by atoms with Crippen LogP contribution in [0.1, 0.15) is 38.1 Å². The highest BCUT2D eigenvalue weighted by Crippen LogP contribution is 2.21. The van der Waals surface area contributed by atoms with Crippen LogP contribution < -0.4 is 5.32 Å². The maximum absolute atomic E-state index is 12.8. The lowest BCUT2D eigenvalue weighted by molar-refractivity contribution is -0.140. The van der Waals surface area contributed by atoms with Gasteiger partial charge in [0.1, 0.15) is 6.04 Å². The van der Waals surface area contributed by atoms with E-state index in [1.165, 1.54) is 28.6 Å². The number of amides is 1. The molecule has 0 unspecified atom stereocenters. The van der Waals surface area contributed by atoms with E-state index >= 15 is 0 Å². The fourth-order valence-electron chi connectivity index (χ4n) is 2.99. The van der Waals surface area contributed by atoms with Crippen molar-refractivity contribution in [1.29, 1.82) is 0 Å². The molecule has 2 N–H and O–H groups in total. The van der Waals surface area contributed by atoms with Gasteiger partial charge in [-0.25, -0.2) is 13.2 Å². The third-order valence-corrected chi connectivity index (χ3v) is 6.21. The van der Waals surface area contributed by atoms with E-state index in [9.17, 15) is 18.0 Å². The van der Waals surface area contributed by atoms with Crippen molar-refractivity contribution in [3.05, 3.63) is 29.8 Å². The van der Waals surface area contributed by atoms with Crippen LogP contribution in [0.3, 0.4) is 0 Å². The number of nitrogens with zero attached hydrogens (tertiary/aromatic N) is 1. The van der Waals surface area contributed by atoms with Gasteiger partial charge >= 0.3 is 5.97 Å². The molecule has 150 valence electrons. The van der Waals surface area contributed by atoms with Crippen molar-refractivity contribution in [2.24, 2.45) is 5.92 Å². The van der Waals surface area contributed by atoms with Gasteiger partial charge in [0, 0.05) is 18.7 Å². The SMILES string of the molecule is CC(C)[C@H](NC(=O)c1ccc(S(=O)(=O)N2C[C@@H](C)O[C@H](C)C2)cc1)C(=O)O. The van der Waals surface area contributed by atoms with Gasteiger partial charge in [0.05, 0.1) is 17.1 Å². The zero-order valence-corrected chi connectivity index (χ0v) is 16.7. The number of ether oxygens (including phenoxy) is 1. The number of benzene rings is 1. The minimum absolute atomic E-state index is 0.0824. The molecule has 1 fully saturated rings. The van der Waals surface area contributed by atoms with Crippen LogP contribution in [0.2, 0.25) is 0 Å². The predicted octanol–water partition coefficient (Wildman–Crippen LogP) is 1.32. The van der Waals surface area contributed by atoms with Crippen LogP contribution in [-0.2, 0) is 19.6 Å². The maximum atomic E-state index is 12.8. The summed E-state index contributed by atoms with van der Waals surface area (Å²) in [4.78, 5) is 23.6. The Morgan fingerprint density at radius 1 is 1.15 bits per heavy atom. The summed E-state index contributed by atoms with van der Waals surface area (Å²) in [6.07, 6.45) is -0.393. The molecule has 0 aliphatic carbocycles. The monoisotopic (exact) mass is 398 g/mol. The smallest absolute Gasteiger partial charge is 0.326 e. The van der Waals surface area contributed by atoms with E-state index in [0.717, 1.165) is 0 Å². The quantitative estimate of drug-likeness (QED) is 0.747. The first kappa shape index (κ1) is 21.3. The van der Waals surface area contributed by atoms with Gasteiger partial charge in [-0.1, -0.05) is 13.8 Å². The highest BCUT2D eigenvalue weighted by molar-refractivity contribution is 7.89. The second-order valence-corrected chi connectivity index (χ2v) is 9.08. The highest BCUT2D eigenvalue weighted by atomic mass is 32.2. The van der Waals surface area contributed by atoms with E-state index < -0.39 is 27.9 Å². The van der Waals surface area contributed by atoms with Crippen molar-refractivity contribution in [3.63, 3.8) is 0 Å². The largest absolute Gasteiger partial charge is 0.480 e. The second kappa shape index (κ2) is 8.37. The number of rotatable bonds is 6. The molecular formula is C18H26N2O6S. The van der Waals surface area contributed by atoms with Gasteiger partial charge < -0.3 is 15.2 Å². The molecule has 27 heavy (non-hydrogen) atoms. The summed E-state index contributed by atoms with van der Waals surface area (Å²) in [5, 5.41) is 11.6. The van der Waals surface area contributed by atoms with Gasteiger partial charge in [0.2, 0.25) is 10.0 Å². The molecule has 1 aliphatic rings. The fourth-order valence-corrected chi connectivity index (χ4v) is 4.58. The first-order valence-corrected chi connectivity index (χ1v) is 10.3. The van der Waals surface area contributed by atoms with Crippen molar-refractivity contribution in [3.8, 4) is 0 Å². The molecule has 1 aromatic carbocycles. The normalized spacial score (nSPS) is 22.4. The Hall–Kier alpha value is -1.97. The first-order chi connectivity index (χ1) is 12.5. The lowest BCUT2D eigenvalue weighted by Crippen LogP contribution is -2.48. The van der Waals surface area contributed by atoms with Gasteiger partial charge in [-0.15, -0.1) is 0 Å². The summed E-state index contributed by atoms with van der Waals surface area (Å²) in [6.45, 7) is 7.56. The molecule has 3 atom stereocenters. The molecule has 1 aromatic rings. The fraction of sp³-hybridized carbons (Fsp3) is 0.556. The standard InChI is InChI=1S/C18H26N2O6S/c1-11(2)16(18(22)23)19-17(21)14-5-7-15(8-6-14)27(24,25)20-9-12(3)26-13(4)10-20/h5-8,11-13,16H,9-10H2,1-4H3,(H,19,21)(H,22,23)/t12-,13-,16+/m1/s1. The molecule has 8 nitrogen and oxygen atoms in total. The second-order valence-electron chi connectivity index (χ2n) is 7.14. The number of carboxylic acids is 1. The van der Waals surface area contributed by atoms with E-state index in [2.05, 4.69) is 5.32 Å². The minimum Gasteiger partial charge on any atom is -0.480 e. The van der Waals surface area contributed by atoms with Crippen LogP contribution in [0.15, 0.2) is 29.2 Å². The summed E-state index contributed by atoms with van der Waals surface area (Å²) in [6, 6.07) is 4.47. The number of hydrogen-bond acceptors (Lipinski definition) is 5. The Morgan fingerprint density at radius 2 is 1.67 bits per heavy atom. The Balaban J connectivity index is 2.16. The number of carbonyl (C=O) groups excluding carboxylic acids is 1. The van der Waals surface area contributed by atoms with Crippen LogP contribution in [0.5, 0.6) is 0 Å². The van der Waals surface area contributed by atoms with Crippen LogP contribution >= 0.6 is 0 Å². The van der Waals surface area contributed by atoms with Gasteiger partial charge in [-0.05, 0) is 44.0 Å². The minimum atomic E-state index is -3.69. The molecule has 0 bridgehead atoms. The van der Waals surface area contributed by atoms with Crippen molar-refractivity contribution in [2.75, 3.05) is 13.1 Å². The summed E-state index contributed by atoms with van der Waals surface area (Å²) >= 11 is 0. The van der Waals surface area contributed by atoms with Gasteiger partial charge in [0.25, 0.3) is 5.91 Å². The molecule has 1 saturated heterocycles. The maximum Gasteiger partial charge on any atom is 0.326 e. The number of hydrogen-bond donors (Lipinski definition) is 2. The van der Waals surface area contributed by atoms with Crippen LogP contribution in [0.4, 0.5) is 0 Å². The molecule has 1 amide bonds. The molecule has 1 heterocycles. The number of sulfonamides is 1. The number of nitrogens with one attached hydrogen (secondary N) is 1.